The molecule has 0 saturated carbocycles. The van der Waals surface area contributed by atoms with Gasteiger partial charge in [0.05, 0.1) is 19.7 Å². The molecule has 2 aromatic carbocycles. The van der Waals surface area contributed by atoms with Gasteiger partial charge in [0.25, 0.3) is 0 Å². The average molecular weight is 354 g/mol. The van der Waals surface area contributed by atoms with Gasteiger partial charge in [0.1, 0.15) is 5.75 Å². The number of rotatable bonds is 8. The zero-order chi connectivity index (χ0) is 18.8. The highest BCUT2D eigenvalue weighted by Gasteiger charge is 2.14. The highest BCUT2D eigenvalue weighted by atomic mass is 16.5. The van der Waals surface area contributed by atoms with Gasteiger partial charge in [0.2, 0.25) is 0 Å². The van der Waals surface area contributed by atoms with Crippen molar-refractivity contribution in [2.24, 2.45) is 4.99 Å². The van der Waals surface area contributed by atoms with Gasteiger partial charge in [-0.2, -0.15) is 0 Å². The normalized spacial score (nSPS) is 12.7. The maximum atomic E-state index is 5.26. The number of likely N-dealkylation sites (N-methyl/N-ethyl adjacent to an activating group) is 1. The van der Waals surface area contributed by atoms with Crippen LogP contribution in [-0.4, -0.2) is 45.2 Å². The predicted octanol–water partition coefficient (Wildman–Crippen LogP) is 3.05. The lowest BCUT2D eigenvalue weighted by Gasteiger charge is -2.26. The lowest BCUT2D eigenvalue weighted by Crippen LogP contribution is -2.41. The molecule has 0 heterocycles. The summed E-state index contributed by atoms with van der Waals surface area (Å²) in [4.78, 5) is 6.90. The van der Waals surface area contributed by atoms with Crippen molar-refractivity contribution in [2.75, 3.05) is 34.3 Å². The van der Waals surface area contributed by atoms with Crippen LogP contribution >= 0.6 is 0 Å². The molecule has 0 radical (unpaired) electrons. The molecule has 1 atom stereocenters. The number of aliphatic imine (C=N–C) groups is 1. The number of guanidine groups is 1. The fraction of sp³-hybridized carbons (Fsp3) is 0.381. The Morgan fingerprint density at radius 3 is 2.31 bits per heavy atom. The van der Waals surface area contributed by atoms with E-state index in [0.29, 0.717) is 6.54 Å². The first-order chi connectivity index (χ1) is 12.6. The Hall–Kier alpha value is -2.53. The molecule has 0 aromatic heterocycles. The molecule has 2 N–H and O–H groups in total. The van der Waals surface area contributed by atoms with Gasteiger partial charge in [-0.05, 0) is 44.3 Å². The van der Waals surface area contributed by atoms with Crippen molar-refractivity contribution in [3.05, 3.63) is 65.7 Å². The van der Waals surface area contributed by atoms with Crippen LogP contribution in [0.15, 0.2) is 59.6 Å². The van der Waals surface area contributed by atoms with Gasteiger partial charge < -0.3 is 20.3 Å². The van der Waals surface area contributed by atoms with E-state index in [1.807, 2.05) is 30.3 Å². The van der Waals surface area contributed by atoms with Gasteiger partial charge in [0, 0.05) is 13.1 Å². The number of benzene rings is 2. The summed E-state index contributed by atoms with van der Waals surface area (Å²) in [6, 6.07) is 18.7. The molecule has 0 aliphatic carbocycles. The van der Waals surface area contributed by atoms with Gasteiger partial charge in [-0.25, -0.2) is 4.99 Å². The fourth-order valence-corrected chi connectivity index (χ4v) is 2.71. The molecule has 0 fully saturated rings. The minimum atomic E-state index is 0.237. The lowest BCUT2D eigenvalue weighted by molar-refractivity contribution is 0.298. The number of methoxy groups -OCH3 is 1. The molecule has 2 rings (SSSR count). The summed E-state index contributed by atoms with van der Waals surface area (Å²) in [6.07, 6.45) is 0. The minimum absolute atomic E-state index is 0.237. The van der Waals surface area contributed by atoms with Crippen LogP contribution in [0.2, 0.25) is 0 Å². The Bertz CT molecular complexity index is 668. The highest BCUT2D eigenvalue weighted by Crippen LogP contribution is 2.20. The van der Waals surface area contributed by atoms with Gasteiger partial charge in [0.15, 0.2) is 5.96 Å². The zero-order valence-corrected chi connectivity index (χ0v) is 16.2. The van der Waals surface area contributed by atoms with E-state index in [1.54, 1.807) is 7.11 Å². The SMILES string of the molecule is CCNC(=NCc1ccccc1)NCC(c1ccc(OC)cc1)N(C)C. The van der Waals surface area contributed by atoms with Crippen LogP contribution in [0, 0.1) is 0 Å². The van der Waals surface area contributed by atoms with Crippen LogP contribution in [0.5, 0.6) is 5.75 Å². The second-order valence-electron chi connectivity index (χ2n) is 6.31. The Balaban J connectivity index is 2.03. The third kappa shape index (κ3) is 6.08. The molecule has 26 heavy (non-hydrogen) atoms. The topological polar surface area (TPSA) is 48.9 Å². The Labute approximate surface area is 157 Å². The van der Waals surface area contributed by atoms with Gasteiger partial charge in [-0.1, -0.05) is 42.5 Å². The Kier molecular flexibility index (Phi) is 7.96. The van der Waals surface area contributed by atoms with Crippen molar-refractivity contribution in [1.82, 2.24) is 15.5 Å². The smallest absolute Gasteiger partial charge is 0.191 e. The first kappa shape index (κ1) is 19.8. The number of nitrogens with one attached hydrogen (secondary N) is 2. The van der Waals surface area contributed by atoms with Crippen molar-refractivity contribution in [1.29, 1.82) is 0 Å². The zero-order valence-electron chi connectivity index (χ0n) is 16.2. The summed E-state index contributed by atoms with van der Waals surface area (Å²) >= 11 is 0. The largest absolute Gasteiger partial charge is 0.497 e. The maximum absolute atomic E-state index is 5.26. The second-order valence-corrected chi connectivity index (χ2v) is 6.31. The third-order valence-electron chi connectivity index (χ3n) is 4.19. The summed E-state index contributed by atoms with van der Waals surface area (Å²) in [7, 11) is 5.86. The van der Waals surface area contributed by atoms with Gasteiger partial charge in [-0.3, -0.25) is 0 Å². The molecule has 0 spiro atoms. The van der Waals surface area contributed by atoms with E-state index in [0.717, 1.165) is 24.8 Å². The fourth-order valence-electron chi connectivity index (χ4n) is 2.71. The predicted molar refractivity (Wildman–Crippen MR) is 109 cm³/mol. The molecule has 0 aliphatic heterocycles. The van der Waals surface area contributed by atoms with E-state index in [9.17, 15) is 0 Å². The molecule has 1 unspecified atom stereocenters. The first-order valence-electron chi connectivity index (χ1n) is 9.00. The van der Waals surface area contributed by atoms with Crippen molar-refractivity contribution in [3.8, 4) is 5.75 Å². The molecule has 0 saturated heterocycles. The molecule has 140 valence electrons. The first-order valence-corrected chi connectivity index (χ1v) is 9.00. The molecular weight excluding hydrogens is 324 g/mol. The molecular formula is C21H30N4O. The van der Waals surface area contributed by atoms with Gasteiger partial charge in [-0.15, -0.1) is 0 Å². The second kappa shape index (κ2) is 10.5. The van der Waals surface area contributed by atoms with Gasteiger partial charge >= 0.3 is 0 Å². The Morgan fingerprint density at radius 2 is 1.73 bits per heavy atom. The van der Waals surface area contributed by atoms with Crippen molar-refractivity contribution < 1.29 is 4.74 Å². The molecule has 0 aliphatic rings. The molecule has 5 nitrogen and oxygen atoms in total. The highest BCUT2D eigenvalue weighted by molar-refractivity contribution is 5.79. The summed E-state index contributed by atoms with van der Waals surface area (Å²) in [5.41, 5.74) is 2.44. The summed E-state index contributed by atoms with van der Waals surface area (Å²) in [5, 5.41) is 6.78. The Morgan fingerprint density at radius 1 is 1.04 bits per heavy atom. The van der Waals surface area contributed by atoms with E-state index in [-0.39, 0.29) is 6.04 Å². The summed E-state index contributed by atoms with van der Waals surface area (Å²) in [6.45, 7) is 4.33. The van der Waals surface area contributed by atoms with Crippen LogP contribution in [0.1, 0.15) is 24.1 Å². The maximum Gasteiger partial charge on any atom is 0.191 e. The lowest BCUT2D eigenvalue weighted by atomic mass is 10.1. The summed E-state index contributed by atoms with van der Waals surface area (Å²) in [5.74, 6) is 1.70. The van der Waals surface area contributed by atoms with Crippen LogP contribution in [0.3, 0.4) is 0 Å². The standard InChI is InChI=1S/C21H30N4O/c1-5-22-21(23-15-17-9-7-6-8-10-17)24-16-20(25(2)3)18-11-13-19(26-4)14-12-18/h6-14,20H,5,15-16H2,1-4H3,(H2,22,23,24). The van der Waals surface area contributed by atoms with Crippen LogP contribution in [-0.2, 0) is 6.54 Å². The molecule has 2 aromatic rings. The van der Waals surface area contributed by atoms with E-state index < -0.39 is 0 Å². The van der Waals surface area contributed by atoms with E-state index in [4.69, 9.17) is 9.73 Å². The molecule has 0 bridgehead atoms. The van der Waals surface area contributed by atoms with E-state index in [2.05, 4.69) is 60.8 Å². The minimum Gasteiger partial charge on any atom is -0.497 e. The number of ether oxygens (including phenoxy) is 1. The van der Waals surface area contributed by atoms with Crippen molar-refractivity contribution in [2.45, 2.75) is 19.5 Å². The van der Waals surface area contributed by atoms with E-state index >= 15 is 0 Å². The quantitative estimate of drug-likeness (QED) is 0.565. The summed E-state index contributed by atoms with van der Waals surface area (Å²) < 4.78 is 5.26. The van der Waals surface area contributed by atoms with Crippen LogP contribution in [0.4, 0.5) is 0 Å². The average Bonchev–Trinajstić information content (AvgIpc) is 2.67. The van der Waals surface area contributed by atoms with Crippen LogP contribution < -0.4 is 15.4 Å². The number of nitrogens with zero attached hydrogens (tertiary/aromatic N) is 2. The third-order valence-corrected chi connectivity index (χ3v) is 4.19. The number of hydrogen-bond donors (Lipinski definition) is 2. The molecule has 5 heteroatoms. The number of hydrogen-bond acceptors (Lipinski definition) is 3. The van der Waals surface area contributed by atoms with Crippen molar-refractivity contribution in [3.63, 3.8) is 0 Å². The monoisotopic (exact) mass is 354 g/mol. The van der Waals surface area contributed by atoms with Crippen molar-refractivity contribution >= 4 is 5.96 Å². The van der Waals surface area contributed by atoms with Crippen LogP contribution in [0.25, 0.3) is 0 Å². The van der Waals surface area contributed by atoms with E-state index in [1.165, 1.54) is 11.1 Å². The molecule has 0 amide bonds.